The first-order valence-electron chi connectivity index (χ1n) is 22.0. The average molecular weight is 956 g/mol. The third-order valence-corrected chi connectivity index (χ3v) is 11.6. The van der Waals surface area contributed by atoms with Gasteiger partial charge in [-0.25, -0.2) is 13.6 Å². The van der Waals surface area contributed by atoms with Crippen LogP contribution in [0.2, 0.25) is 0 Å². The van der Waals surface area contributed by atoms with Crippen LogP contribution in [0.1, 0.15) is 42.2 Å². The van der Waals surface area contributed by atoms with Crippen molar-refractivity contribution in [2.75, 3.05) is 36.7 Å². The van der Waals surface area contributed by atoms with Crippen molar-refractivity contribution >= 4 is 34.8 Å². The lowest BCUT2D eigenvalue weighted by Crippen LogP contribution is -2.15. The number of hydrogen-bond acceptors (Lipinski definition) is 10. The lowest BCUT2D eigenvalue weighted by Gasteiger charge is -2.11. The standard InChI is InChI=1S/C21H14FNO5.C21H16FNO3.C14H13NO2/c22-15-5-1-12(2-6-15)20(24)23-17-9-13(3-7-16(17)21(25)26)14-4-8-18-19(10-14)28-11-27-18;1-13-2-3-15(16-6-9-19-20(11-16)26-12-25-19)10-18(13)23-21(24)14-4-7-17(22)8-5-14;1-9-2-3-10(6-12(9)15)11-4-5-13-14(7-11)17-8-16-13/h1-10H,11H2,(H,23,24)(H,25,26);2-11H,12H2,1H3,(H,23,24);2-7H,8,15H2,1H3. The van der Waals surface area contributed by atoms with Gasteiger partial charge in [-0.1, -0.05) is 48.5 Å². The summed E-state index contributed by atoms with van der Waals surface area (Å²) in [5, 5.41) is 14.9. The number of carbonyl (C=O) groups excluding carboxylic acids is 2. The molecule has 0 spiro atoms. The summed E-state index contributed by atoms with van der Waals surface area (Å²) in [7, 11) is 0. The highest BCUT2D eigenvalue weighted by Crippen LogP contribution is 2.39. The zero-order valence-corrected chi connectivity index (χ0v) is 38.1. The molecule has 15 heteroatoms. The van der Waals surface area contributed by atoms with Crippen LogP contribution in [-0.2, 0) is 0 Å². The van der Waals surface area contributed by atoms with E-state index in [1.807, 2.05) is 86.6 Å². The molecule has 3 aliphatic rings. The second kappa shape index (κ2) is 20.5. The van der Waals surface area contributed by atoms with Gasteiger partial charge in [0.05, 0.1) is 11.3 Å². The SMILES string of the molecule is Cc1ccc(-c2ccc3c(c2)OCO3)cc1N.Cc1ccc(-c2ccc3c(c2)OCO3)cc1NC(=O)c1ccc(F)cc1.O=C(Nc1cc(-c2ccc3c(c2)OCO3)ccc1C(=O)O)c1ccc(F)cc1. The van der Waals surface area contributed by atoms with Crippen LogP contribution in [0.4, 0.5) is 25.8 Å². The summed E-state index contributed by atoms with van der Waals surface area (Å²) in [4.78, 5) is 36.4. The fourth-order valence-electron chi connectivity index (χ4n) is 7.59. The number of benzene rings is 8. The van der Waals surface area contributed by atoms with Crippen molar-refractivity contribution in [2.24, 2.45) is 0 Å². The molecule has 0 radical (unpaired) electrons. The summed E-state index contributed by atoms with van der Waals surface area (Å²) in [5.74, 6) is 1.43. The van der Waals surface area contributed by atoms with Gasteiger partial charge in [0.15, 0.2) is 34.5 Å². The molecule has 8 aromatic rings. The number of nitrogen functional groups attached to an aromatic ring is 1. The Morgan fingerprint density at radius 2 is 0.789 bits per heavy atom. The number of nitrogens with two attached hydrogens (primary N) is 1. The molecular formula is C56H43F2N3O10. The Kier molecular flexibility index (Phi) is 13.5. The predicted octanol–water partition coefficient (Wildman–Crippen LogP) is 11.9. The van der Waals surface area contributed by atoms with E-state index in [2.05, 4.69) is 16.7 Å². The van der Waals surface area contributed by atoms with Crippen molar-refractivity contribution in [3.05, 3.63) is 197 Å². The highest BCUT2D eigenvalue weighted by atomic mass is 19.1. The van der Waals surface area contributed by atoms with Crippen LogP contribution in [0.3, 0.4) is 0 Å². The number of carbonyl (C=O) groups is 3. The van der Waals surface area contributed by atoms with E-state index in [4.69, 9.17) is 34.2 Å². The van der Waals surface area contributed by atoms with Gasteiger partial charge in [0.25, 0.3) is 11.8 Å². The zero-order valence-electron chi connectivity index (χ0n) is 38.1. The Balaban J connectivity index is 0.000000136. The number of carboxylic acid groups (broad SMARTS) is 1. The molecule has 0 unspecified atom stereocenters. The molecule has 11 rings (SSSR count). The highest BCUT2D eigenvalue weighted by molar-refractivity contribution is 6.08. The smallest absolute Gasteiger partial charge is 0.337 e. The van der Waals surface area contributed by atoms with Crippen molar-refractivity contribution in [2.45, 2.75) is 13.8 Å². The first-order chi connectivity index (χ1) is 34.3. The van der Waals surface area contributed by atoms with Crippen molar-refractivity contribution in [3.8, 4) is 67.9 Å². The quantitative estimate of drug-likeness (QED) is 0.107. The Bertz CT molecular complexity index is 3330. The largest absolute Gasteiger partial charge is 0.478 e. The summed E-state index contributed by atoms with van der Waals surface area (Å²) < 4.78 is 58.1. The van der Waals surface area contributed by atoms with E-state index >= 15 is 0 Å². The van der Waals surface area contributed by atoms with Gasteiger partial charge in [-0.15, -0.1) is 0 Å². The number of nitrogens with one attached hydrogen (secondary N) is 2. The van der Waals surface area contributed by atoms with E-state index in [0.717, 1.165) is 74.0 Å². The normalized spacial score (nSPS) is 12.2. The van der Waals surface area contributed by atoms with Crippen molar-refractivity contribution in [1.29, 1.82) is 0 Å². The molecular weight excluding hydrogens is 913 g/mol. The van der Waals surface area contributed by atoms with Gasteiger partial charge in [-0.2, -0.15) is 0 Å². The van der Waals surface area contributed by atoms with E-state index < -0.39 is 17.7 Å². The van der Waals surface area contributed by atoms with E-state index in [1.54, 1.807) is 24.3 Å². The lowest BCUT2D eigenvalue weighted by atomic mass is 10.0. The first kappa shape index (κ1) is 46.7. The third kappa shape index (κ3) is 10.8. The Hall–Kier alpha value is -9.37. The topological polar surface area (TPSA) is 177 Å². The molecule has 0 fully saturated rings. The van der Waals surface area contributed by atoms with E-state index in [0.29, 0.717) is 40.9 Å². The maximum absolute atomic E-state index is 13.1. The molecule has 8 aromatic carbocycles. The molecule has 0 bridgehead atoms. The number of hydrogen-bond donors (Lipinski definition) is 4. The molecule has 0 aliphatic carbocycles. The second-order valence-electron chi connectivity index (χ2n) is 16.3. The summed E-state index contributed by atoms with van der Waals surface area (Å²) in [6, 6.07) is 44.0. The average Bonchev–Trinajstić information content (AvgIpc) is 4.17. The minimum atomic E-state index is -1.17. The molecule has 0 saturated heterocycles. The molecule has 0 atom stereocenters. The molecule has 71 heavy (non-hydrogen) atoms. The summed E-state index contributed by atoms with van der Waals surface area (Å²) >= 11 is 0. The van der Waals surface area contributed by atoms with Gasteiger partial charge < -0.3 is 49.9 Å². The minimum Gasteiger partial charge on any atom is -0.478 e. The number of carboxylic acids is 1. The van der Waals surface area contributed by atoms with Gasteiger partial charge >= 0.3 is 5.97 Å². The molecule has 2 amide bonds. The Morgan fingerprint density at radius 1 is 0.437 bits per heavy atom. The first-order valence-corrected chi connectivity index (χ1v) is 22.0. The Labute approximate surface area is 405 Å². The number of aryl methyl sites for hydroxylation is 2. The summed E-state index contributed by atoms with van der Waals surface area (Å²) in [5.41, 5.74) is 15.7. The number of aromatic carboxylic acids is 1. The van der Waals surface area contributed by atoms with Gasteiger partial charge in [0, 0.05) is 22.5 Å². The summed E-state index contributed by atoms with van der Waals surface area (Å²) in [6.45, 7) is 4.60. The van der Waals surface area contributed by atoms with Crippen molar-refractivity contribution in [1.82, 2.24) is 0 Å². The fourth-order valence-corrected chi connectivity index (χ4v) is 7.59. The van der Waals surface area contributed by atoms with Gasteiger partial charge in [-0.05, 0) is 168 Å². The molecule has 13 nitrogen and oxygen atoms in total. The zero-order chi connectivity index (χ0) is 49.6. The number of ether oxygens (including phenoxy) is 6. The number of anilines is 3. The highest BCUT2D eigenvalue weighted by Gasteiger charge is 2.19. The molecule has 3 heterocycles. The van der Waals surface area contributed by atoms with Crippen molar-refractivity contribution < 1.29 is 56.7 Å². The maximum Gasteiger partial charge on any atom is 0.337 e. The van der Waals surface area contributed by atoms with E-state index in [-0.39, 0.29) is 42.1 Å². The fraction of sp³-hybridized carbons (Fsp3) is 0.0893. The number of rotatable bonds is 8. The number of amides is 2. The second-order valence-corrected chi connectivity index (χ2v) is 16.3. The van der Waals surface area contributed by atoms with E-state index in [9.17, 15) is 28.3 Å². The molecule has 0 aromatic heterocycles. The van der Waals surface area contributed by atoms with Crippen LogP contribution in [0.5, 0.6) is 34.5 Å². The van der Waals surface area contributed by atoms with Gasteiger partial charge in [0.2, 0.25) is 20.4 Å². The summed E-state index contributed by atoms with van der Waals surface area (Å²) in [6.07, 6.45) is 0. The van der Waals surface area contributed by atoms with Gasteiger partial charge in [0.1, 0.15) is 11.6 Å². The monoisotopic (exact) mass is 955 g/mol. The Morgan fingerprint density at radius 3 is 1.23 bits per heavy atom. The van der Waals surface area contributed by atoms with E-state index in [1.165, 1.54) is 42.5 Å². The number of halogens is 2. The predicted molar refractivity (Wildman–Crippen MR) is 264 cm³/mol. The third-order valence-electron chi connectivity index (χ3n) is 11.6. The molecule has 0 saturated carbocycles. The van der Waals surface area contributed by atoms with Crippen molar-refractivity contribution in [3.63, 3.8) is 0 Å². The molecule has 356 valence electrons. The molecule has 3 aliphatic heterocycles. The van der Waals surface area contributed by atoms with Crippen LogP contribution >= 0.6 is 0 Å². The maximum atomic E-state index is 13.1. The molecule has 5 N–H and O–H groups in total. The van der Waals surface area contributed by atoms with Crippen LogP contribution in [0.25, 0.3) is 33.4 Å². The lowest BCUT2D eigenvalue weighted by molar-refractivity contribution is 0.0697. The van der Waals surface area contributed by atoms with Crippen LogP contribution in [-0.4, -0.2) is 43.3 Å². The van der Waals surface area contributed by atoms with Crippen LogP contribution in [0.15, 0.2) is 158 Å². The van der Waals surface area contributed by atoms with Crippen LogP contribution < -0.4 is 44.8 Å². The van der Waals surface area contributed by atoms with Gasteiger partial charge in [-0.3, -0.25) is 9.59 Å². The number of fused-ring (bicyclic) bond motifs is 3. The minimum absolute atomic E-state index is 0.0556. The van der Waals surface area contributed by atoms with Crippen LogP contribution in [0, 0.1) is 25.5 Å².